The molecule has 0 bridgehead atoms. The van der Waals surface area contributed by atoms with Gasteiger partial charge >= 0.3 is 0 Å². The fraction of sp³-hybridized carbons (Fsp3) is 0.189. The van der Waals surface area contributed by atoms with Gasteiger partial charge in [-0.3, -0.25) is 9.59 Å². The van der Waals surface area contributed by atoms with Gasteiger partial charge < -0.3 is 15.4 Å². The van der Waals surface area contributed by atoms with E-state index >= 15 is 0 Å². The third kappa shape index (κ3) is 9.45. The van der Waals surface area contributed by atoms with Crippen LogP contribution in [0.15, 0.2) is 121 Å². The molecule has 5 nitrogen and oxygen atoms in total. The molecule has 5 rings (SSSR count). The topological polar surface area (TPSA) is 67.4 Å². The Morgan fingerprint density at radius 1 is 0.953 bits per heavy atom. The summed E-state index contributed by atoms with van der Waals surface area (Å²) in [6.07, 6.45) is 4.95. The summed E-state index contributed by atoms with van der Waals surface area (Å²) >= 11 is 5.87. The number of nitrogens with one attached hydrogen (secondary N) is 2. The normalized spacial score (nSPS) is 13.6. The van der Waals surface area contributed by atoms with Crippen molar-refractivity contribution in [3.05, 3.63) is 143 Å². The average Bonchev–Trinajstić information content (AvgIpc) is 3.02. The Kier molecular flexibility index (Phi) is 11.3. The zero-order valence-electron chi connectivity index (χ0n) is 24.6. The third-order valence-electron chi connectivity index (χ3n) is 7.01. The van der Waals surface area contributed by atoms with Gasteiger partial charge in [-0.05, 0) is 79.3 Å². The number of amides is 2. The maximum Gasteiger partial charge on any atom is 0.250 e. The van der Waals surface area contributed by atoms with Crippen LogP contribution in [-0.2, 0) is 22.4 Å². The van der Waals surface area contributed by atoms with E-state index in [-0.39, 0.29) is 17.7 Å². The third-order valence-corrected chi connectivity index (χ3v) is 7.25. The summed E-state index contributed by atoms with van der Waals surface area (Å²) in [6.45, 7) is 8.59. The van der Waals surface area contributed by atoms with Crippen LogP contribution < -0.4 is 15.4 Å². The Morgan fingerprint density at radius 2 is 1.72 bits per heavy atom. The van der Waals surface area contributed by atoms with Crippen LogP contribution in [0.1, 0.15) is 23.6 Å². The average molecular weight is 593 g/mol. The number of rotatable bonds is 8. The first kappa shape index (κ1) is 31.3. The highest BCUT2D eigenvalue weighted by Gasteiger charge is 2.25. The van der Waals surface area contributed by atoms with Gasteiger partial charge in [0.25, 0.3) is 5.91 Å². The number of hydrogen-bond donors (Lipinski definition) is 2. The second-order valence-electron chi connectivity index (χ2n) is 10.4. The van der Waals surface area contributed by atoms with E-state index in [1.807, 2.05) is 73.7 Å². The minimum Gasteiger partial charge on any atom is -0.492 e. The first-order valence-corrected chi connectivity index (χ1v) is 14.7. The molecule has 1 atom stereocenters. The van der Waals surface area contributed by atoms with Crippen molar-refractivity contribution in [1.82, 2.24) is 5.32 Å². The SMILES string of the molecule is C=C(/C=C\C)C(=O)NCCc1cccc(Cl)c1.Cc1ccc(-c2cccc(NC(=O)C3COc4ccccc4C3)c2)cc1. The molecule has 1 aliphatic heterocycles. The molecule has 0 fully saturated rings. The number of hydrogen-bond acceptors (Lipinski definition) is 3. The minimum absolute atomic E-state index is 0.000518. The predicted octanol–water partition coefficient (Wildman–Crippen LogP) is 7.98. The van der Waals surface area contributed by atoms with Gasteiger partial charge in [-0.15, -0.1) is 0 Å². The molecule has 1 aliphatic rings. The van der Waals surface area contributed by atoms with Gasteiger partial charge in [0, 0.05) is 22.8 Å². The molecule has 0 saturated heterocycles. The second-order valence-corrected chi connectivity index (χ2v) is 10.9. The van der Waals surface area contributed by atoms with Crippen molar-refractivity contribution in [1.29, 1.82) is 0 Å². The molecule has 0 spiro atoms. The summed E-state index contributed by atoms with van der Waals surface area (Å²) < 4.78 is 5.74. The number of ether oxygens (including phenoxy) is 1. The van der Waals surface area contributed by atoms with Crippen molar-refractivity contribution < 1.29 is 14.3 Å². The molecule has 1 heterocycles. The maximum atomic E-state index is 12.7. The zero-order valence-corrected chi connectivity index (χ0v) is 25.4. The summed E-state index contributed by atoms with van der Waals surface area (Å²) in [7, 11) is 0. The lowest BCUT2D eigenvalue weighted by atomic mass is 9.96. The molecule has 0 saturated carbocycles. The van der Waals surface area contributed by atoms with Gasteiger partial charge in [0.15, 0.2) is 0 Å². The number of benzene rings is 4. The number of carbonyl (C=O) groups excluding carboxylic acids is 2. The van der Waals surface area contributed by atoms with Crippen LogP contribution in [0, 0.1) is 12.8 Å². The number of para-hydroxylation sites is 1. The highest BCUT2D eigenvalue weighted by molar-refractivity contribution is 6.30. The Bertz CT molecular complexity index is 1590. The van der Waals surface area contributed by atoms with Crippen LogP contribution in [0.5, 0.6) is 5.75 Å². The molecule has 1 unspecified atom stereocenters. The van der Waals surface area contributed by atoms with Crippen molar-refractivity contribution >= 4 is 29.1 Å². The van der Waals surface area contributed by atoms with E-state index in [1.165, 1.54) is 5.56 Å². The van der Waals surface area contributed by atoms with Crippen molar-refractivity contribution in [2.24, 2.45) is 5.92 Å². The molecule has 220 valence electrons. The van der Waals surface area contributed by atoms with Crippen molar-refractivity contribution in [3.8, 4) is 16.9 Å². The lowest BCUT2D eigenvalue weighted by Crippen LogP contribution is -2.32. The number of fused-ring (bicyclic) bond motifs is 1. The van der Waals surface area contributed by atoms with Crippen LogP contribution >= 0.6 is 11.6 Å². The first-order chi connectivity index (χ1) is 20.8. The van der Waals surface area contributed by atoms with E-state index in [4.69, 9.17) is 16.3 Å². The van der Waals surface area contributed by atoms with Gasteiger partial charge in [-0.25, -0.2) is 0 Å². The summed E-state index contributed by atoms with van der Waals surface area (Å²) in [5.41, 5.74) is 6.94. The second kappa shape index (κ2) is 15.6. The van der Waals surface area contributed by atoms with Crippen molar-refractivity contribution in [2.45, 2.75) is 26.7 Å². The van der Waals surface area contributed by atoms with Crippen LogP contribution in [-0.4, -0.2) is 25.0 Å². The number of halogens is 1. The van der Waals surface area contributed by atoms with Gasteiger partial charge in [-0.2, -0.15) is 0 Å². The Labute approximate surface area is 259 Å². The van der Waals surface area contributed by atoms with Crippen LogP contribution in [0.2, 0.25) is 5.02 Å². The number of carbonyl (C=O) groups is 2. The Morgan fingerprint density at radius 3 is 2.49 bits per heavy atom. The number of allylic oxidation sites excluding steroid dienone is 1. The van der Waals surface area contributed by atoms with Gasteiger partial charge in [0.1, 0.15) is 12.4 Å². The molecule has 0 radical (unpaired) electrons. The standard InChI is InChI=1S/C23H21NO2.C14H16ClNO/c1-16-9-11-17(12-10-16)18-6-4-7-21(14-18)24-23(25)20-13-19-5-2-3-8-22(19)26-15-20;1-3-5-11(2)14(17)16-9-8-12-6-4-7-13(15)10-12/h2-12,14,20H,13,15H2,1H3,(H,24,25);3-7,10H,2,8-9H2,1H3,(H,16,17)/b;5-3-. The lowest BCUT2D eigenvalue weighted by Gasteiger charge is -2.24. The summed E-state index contributed by atoms with van der Waals surface area (Å²) in [6, 6.07) is 31.9. The molecule has 43 heavy (non-hydrogen) atoms. The highest BCUT2D eigenvalue weighted by atomic mass is 35.5. The molecule has 0 aromatic heterocycles. The first-order valence-electron chi connectivity index (χ1n) is 14.4. The Balaban J connectivity index is 0.000000217. The molecular weight excluding hydrogens is 556 g/mol. The summed E-state index contributed by atoms with van der Waals surface area (Å²) in [5.74, 6) is 0.580. The largest absolute Gasteiger partial charge is 0.492 e. The summed E-state index contributed by atoms with van der Waals surface area (Å²) in [5, 5.41) is 6.56. The molecule has 2 N–H and O–H groups in total. The van der Waals surface area contributed by atoms with Crippen LogP contribution in [0.3, 0.4) is 0 Å². The molecule has 0 aliphatic carbocycles. The fourth-order valence-electron chi connectivity index (χ4n) is 4.67. The molecule has 2 amide bonds. The van der Waals surface area contributed by atoms with E-state index in [2.05, 4.69) is 54.5 Å². The van der Waals surface area contributed by atoms with E-state index in [0.29, 0.717) is 30.2 Å². The van der Waals surface area contributed by atoms with Gasteiger partial charge in [0.2, 0.25) is 5.91 Å². The number of anilines is 1. The Hall–Kier alpha value is -4.61. The van der Waals surface area contributed by atoms with E-state index < -0.39 is 0 Å². The summed E-state index contributed by atoms with van der Waals surface area (Å²) in [4.78, 5) is 24.2. The predicted molar refractivity (Wildman–Crippen MR) is 176 cm³/mol. The maximum absolute atomic E-state index is 12.7. The quantitative estimate of drug-likeness (QED) is 0.161. The van der Waals surface area contributed by atoms with Crippen molar-refractivity contribution in [3.63, 3.8) is 0 Å². The van der Waals surface area contributed by atoms with Crippen LogP contribution in [0.4, 0.5) is 5.69 Å². The monoisotopic (exact) mass is 592 g/mol. The zero-order chi connectivity index (χ0) is 30.6. The minimum atomic E-state index is -0.173. The molecule has 6 heteroatoms. The van der Waals surface area contributed by atoms with Crippen LogP contribution in [0.25, 0.3) is 11.1 Å². The molecule has 4 aromatic carbocycles. The highest BCUT2D eigenvalue weighted by Crippen LogP contribution is 2.28. The lowest BCUT2D eigenvalue weighted by molar-refractivity contribution is -0.121. The van der Waals surface area contributed by atoms with Gasteiger partial charge in [0.05, 0.1) is 5.92 Å². The van der Waals surface area contributed by atoms with E-state index in [0.717, 1.165) is 40.1 Å². The van der Waals surface area contributed by atoms with E-state index in [9.17, 15) is 9.59 Å². The smallest absolute Gasteiger partial charge is 0.250 e. The fourth-order valence-corrected chi connectivity index (χ4v) is 4.88. The number of aryl methyl sites for hydroxylation is 1. The van der Waals surface area contributed by atoms with Gasteiger partial charge in [-0.1, -0.05) is 103 Å². The van der Waals surface area contributed by atoms with Crippen molar-refractivity contribution in [2.75, 3.05) is 18.5 Å². The van der Waals surface area contributed by atoms with E-state index in [1.54, 1.807) is 12.2 Å². The molecular formula is C37H37ClN2O3. The molecule has 4 aromatic rings.